The molecule has 1 aliphatic rings. The van der Waals surface area contributed by atoms with Crippen molar-refractivity contribution in [3.8, 4) is 11.5 Å². The van der Waals surface area contributed by atoms with Crippen LogP contribution in [0.3, 0.4) is 0 Å². The van der Waals surface area contributed by atoms with Gasteiger partial charge in [-0.05, 0) is 24.1 Å². The fourth-order valence-electron chi connectivity index (χ4n) is 3.55. The molecule has 0 fully saturated rings. The molecule has 1 aliphatic heterocycles. The molecule has 160 valence electrons. The van der Waals surface area contributed by atoms with Crippen molar-refractivity contribution in [3.05, 3.63) is 35.4 Å². The maximum atomic E-state index is 11.8. The van der Waals surface area contributed by atoms with Crippen molar-refractivity contribution in [1.82, 2.24) is 24.4 Å². The predicted molar refractivity (Wildman–Crippen MR) is 109 cm³/mol. The molecule has 1 atom stereocenters. The van der Waals surface area contributed by atoms with Gasteiger partial charge in [0, 0.05) is 38.2 Å². The number of hydrogen-bond donors (Lipinski definition) is 2. The summed E-state index contributed by atoms with van der Waals surface area (Å²) in [5.41, 5.74) is 0.807. The van der Waals surface area contributed by atoms with Crippen LogP contribution in [0, 0.1) is 5.92 Å². The minimum absolute atomic E-state index is 0.0334. The number of methoxy groups -OCH3 is 1. The summed E-state index contributed by atoms with van der Waals surface area (Å²) < 4.78 is 33.6. The lowest BCUT2D eigenvalue weighted by atomic mass is 10.1. The van der Waals surface area contributed by atoms with Gasteiger partial charge in [0.2, 0.25) is 10.0 Å². The van der Waals surface area contributed by atoms with E-state index in [4.69, 9.17) is 4.74 Å². The lowest BCUT2D eigenvalue weighted by molar-refractivity contribution is 0.264. The quantitative estimate of drug-likeness (QED) is 0.691. The van der Waals surface area contributed by atoms with Gasteiger partial charge in [-0.3, -0.25) is 4.90 Å². The van der Waals surface area contributed by atoms with Crippen LogP contribution in [0.4, 0.5) is 0 Å². The highest BCUT2D eigenvalue weighted by atomic mass is 32.2. The normalized spacial score (nSPS) is 16.4. The largest absolute Gasteiger partial charge is 0.508 e. The highest BCUT2D eigenvalue weighted by Gasteiger charge is 2.28. The van der Waals surface area contributed by atoms with Crippen LogP contribution in [-0.2, 0) is 29.5 Å². The van der Waals surface area contributed by atoms with Gasteiger partial charge >= 0.3 is 0 Å². The molecule has 0 bridgehead atoms. The third-order valence-corrected chi connectivity index (χ3v) is 5.80. The Labute approximate surface area is 171 Å². The molecule has 0 amide bonds. The number of aromatic hydroxyl groups is 1. The third kappa shape index (κ3) is 5.26. The average molecular weight is 424 g/mol. The van der Waals surface area contributed by atoms with E-state index in [0.717, 1.165) is 30.7 Å². The van der Waals surface area contributed by atoms with Crippen molar-refractivity contribution in [2.24, 2.45) is 5.92 Å². The first-order valence-electron chi connectivity index (χ1n) is 9.65. The lowest BCUT2D eigenvalue weighted by Gasteiger charge is -2.23. The maximum absolute atomic E-state index is 11.8. The molecule has 1 aromatic carbocycles. The van der Waals surface area contributed by atoms with Crippen molar-refractivity contribution in [2.75, 3.05) is 26.5 Å². The predicted octanol–water partition coefficient (Wildman–Crippen LogP) is 1.30. The van der Waals surface area contributed by atoms with Crippen molar-refractivity contribution in [3.63, 3.8) is 0 Å². The molecule has 0 spiro atoms. The molecule has 1 aromatic heterocycles. The zero-order valence-electron chi connectivity index (χ0n) is 17.3. The summed E-state index contributed by atoms with van der Waals surface area (Å²) in [4.78, 5) is 2.24. The van der Waals surface area contributed by atoms with Crippen LogP contribution < -0.4 is 9.46 Å². The maximum Gasteiger partial charge on any atom is 0.209 e. The van der Waals surface area contributed by atoms with Crippen LogP contribution in [0.1, 0.15) is 37.1 Å². The van der Waals surface area contributed by atoms with Gasteiger partial charge in [-0.1, -0.05) is 13.8 Å². The van der Waals surface area contributed by atoms with Crippen molar-refractivity contribution in [2.45, 2.75) is 39.4 Å². The monoisotopic (exact) mass is 423 g/mol. The summed E-state index contributed by atoms with van der Waals surface area (Å²) >= 11 is 0. The first kappa shape index (κ1) is 21.5. The molecule has 3 rings (SSSR count). The molecule has 2 aromatic rings. The van der Waals surface area contributed by atoms with E-state index in [1.54, 1.807) is 19.2 Å². The number of fused-ring (bicyclic) bond motifs is 1. The van der Waals surface area contributed by atoms with E-state index >= 15 is 0 Å². The van der Waals surface area contributed by atoms with Crippen LogP contribution in [0.2, 0.25) is 0 Å². The van der Waals surface area contributed by atoms with E-state index < -0.39 is 16.1 Å². The molecule has 1 unspecified atom stereocenters. The zero-order valence-corrected chi connectivity index (χ0v) is 18.1. The van der Waals surface area contributed by atoms with E-state index in [9.17, 15) is 13.5 Å². The summed E-state index contributed by atoms with van der Waals surface area (Å²) in [5.74, 6) is 2.47. The summed E-state index contributed by atoms with van der Waals surface area (Å²) in [5, 5.41) is 18.8. The number of rotatable bonds is 7. The Morgan fingerprint density at radius 1 is 1.24 bits per heavy atom. The third-order valence-electron chi connectivity index (χ3n) is 5.11. The molecule has 9 nitrogen and oxygen atoms in total. The molecule has 0 aliphatic carbocycles. The van der Waals surface area contributed by atoms with Gasteiger partial charge in [-0.15, -0.1) is 10.2 Å². The molecule has 10 heteroatoms. The average Bonchev–Trinajstić information content (AvgIpc) is 2.94. The van der Waals surface area contributed by atoms with E-state index in [2.05, 4.69) is 19.8 Å². The smallest absolute Gasteiger partial charge is 0.209 e. The second kappa shape index (κ2) is 8.68. The minimum Gasteiger partial charge on any atom is -0.508 e. The van der Waals surface area contributed by atoms with E-state index in [-0.39, 0.29) is 11.7 Å². The molecule has 2 heterocycles. The van der Waals surface area contributed by atoms with Crippen LogP contribution in [-0.4, -0.2) is 59.6 Å². The Morgan fingerprint density at radius 3 is 2.66 bits per heavy atom. The van der Waals surface area contributed by atoms with Crippen LogP contribution in [0.25, 0.3) is 0 Å². The minimum atomic E-state index is -3.37. The molecule has 0 saturated heterocycles. The van der Waals surface area contributed by atoms with Gasteiger partial charge in [-0.2, -0.15) is 0 Å². The van der Waals surface area contributed by atoms with E-state index in [1.165, 1.54) is 0 Å². The number of aromatic nitrogens is 3. The Bertz CT molecular complexity index is 958. The van der Waals surface area contributed by atoms with Gasteiger partial charge in [0.05, 0.1) is 19.4 Å². The second-order valence-electron chi connectivity index (χ2n) is 7.76. The summed E-state index contributed by atoms with van der Waals surface area (Å²) in [7, 11) is -1.77. The Hall–Kier alpha value is -2.17. The standard InChI is InChI=1S/C19H29N5O4S/c1-13(2)18(22-29(4,26)27)19-21-20-17-7-8-23(9-10-24(17)19)12-14-11-15(28-3)5-6-16(14)25/h5-6,11,13,18,22,25H,7-10,12H2,1-4H3. The number of ether oxygens (including phenoxy) is 1. The van der Waals surface area contributed by atoms with E-state index in [1.807, 2.05) is 24.5 Å². The Morgan fingerprint density at radius 2 is 2.00 bits per heavy atom. The highest BCUT2D eigenvalue weighted by molar-refractivity contribution is 7.88. The second-order valence-corrected chi connectivity index (χ2v) is 9.54. The first-order chi connectivity index (χ1) is 13.7. The van der Waals surface area contributed by atoms with Gasteiger partial charge < -0.3 is 14.4 Å². The topological polar surface area (TPSA) is 110 Å². The lowest BCUT2D eigenvalue weighted by Crippen LogP contribution is -2.33. The zero-order chi connectivity index (χ0) is 21.2. The molecule has 29 heavy (non-hydrogen) atoms. The molecule has 0 radical (unpaired) electrons. The van der Waals surface area contributed by atoms with Crippen molar-refractivity contribution >= 4 is 10.0 Å². The van der Waals surface area contributed by atoms with Gasteiger partial charge in [0.15, 0.2) is 5.82 Å². The summed E-state index contributed by atoms with van der Waals surface area (Å²) in [6.07, 6.45) is 1.85. The highest BCUT2D eigenvalue weighted by Crippen LogP contribution is 2.26. The summed E-state index contributed by atoms with van der Waals surface area (Å²) in [6.45, 7) is 6.65. The van der Waals surface area contributed by atoms with Gasteiger partial charge in [0.25, 0.3) is 0 Å². The number of hydrogen-bond acceptors (Lipinski definition) is 7. The van der Waals surface area contributed by atoms with Crippen molar-refractivity contribution < 1.29 is 18.3 Å². The number of phenolic OH excluding ortho intramolecular Hbond substituents is 1. The van der Waals surface area contributed by atoms with E-state index in [0.29, 0.717) is 31.1 Å². The van der Waals surface area contributed by atoms with Crippen LogP contribution in [0.15, 0.2) is 18.2 Å². The van der Waals surface area contributed by atoms with Crippen molar-refractivity contribution in [1.29, 1.82) is 0 Å². The molecule has 0 saturated carbocycles. The molecule has 2 N–H and O–H groups in total. The summed E-state index contributed by atoms with van der Waals surface area (Å²) in [6, 6.07) is 4.79. The van der Waals surface area contributed by atoms with Gasteiger partial charge in [-0.25, -0.2) is 13.1 Å². The Kier molecular flexibility index (Phi) is 6.45. The molecular formula is C19H29N5O4S. The number of sulfonamides is 1. The number of nitrogens with zero attached hydrogens (tertiary/aromatic N) is 4. The fourth-order valence-corrected chi connectivity index (χ4v) is 4.39. The van der Waals surface area contributed by atoms with Gasteiger partial charge in [0.1, 0.15) is 17.3 Å². The first-order valence-corrected chi connectivity index (χ1v) is 11.5. The number of nitrogens with one attached hydrogen (secondary N) is 1. The Balaban J connectivity index is 1.77. The van der Waals surface area contributed by atoms with Crippen LogP contribution >= 0.6 is 0 Å². The SMILES string of the molecule is COc1ccc(O)c(CN2CCc3nnc(C(NS(C)(=O)=O)C(C)C)n3CC2)c1. The number of benzene rings is 1. The number of phenols is 1. The van der Waals surface area contributed by atoms with Crippen LogP contribution in [0.5, 0.6) is 11.5 Å². The molecular weight excluding hydrogens is 394 g/mol. The fraction of sp³-hybridized carbons (Fsp3) is 0.579.